The number of rotatable bonds is 6. The zero-order chi connectivity index (χ0) is 20.9. The van der Waals surface area contributed by atoms with E-state index in [4.69, 9.17) is 9.72 Å². The highest BCUT2D eigenvalue weighted by Crippen LogP contribution is 2.26. The van der Waals surface area contributed by atoms with Crippen molar-refractivity contribution < 1.29 is 18.3 Å². The molecule has 3 heterocycles. The molecule has 2 aromatic rings. The van der Waals surface area contributed by atoms with Crippen LogP contribution in [0.4, 0.5) is 14.7 Å². The fourth-order valence-electron chi connectivity index (χ4n) is 4.05. The van der Waals surface area contributed by atoms with Crippen molar-refractivity contribution in [3.05, 3.63) is 53.4 Å². The van der Waals surface area contributed by atoms with Gasteiger partial charge in [-0.05, 0) is 49.4 Å². The number of aromatic nitrogens is 2. The zero-order valence-corrected chi connectivity index (χ0v) is 16.8. The van der Waals surface area contributed by atoms with E-state index in [9.17, 15) is 13.6 Å². The second-order valence-corrected chi connectivity index (χ2v) is 7.92. The van der Waals surface area contributed by atoms with Crippen molar-refractivity contribution >= 4 is 11.9 Å². The van der Waals surface area contributed by atoms with Gasteiger partial charge in [-0.2, -0.15) is 0 Å². The van der Waals surface area contributed by atoms with E-state index in [0.29, 0.717) is 30.4 Å². The first-order valence-electron chi connectivity index (χ1n) is 10.5. The third kappa shape index (κ3) is 5.11. The van der Waals surface area contributed by atoms with Crippen LogP contribution in [0.15, 0.2) is 30.5 Å². The Kier molecular flexibility index (Phi) is 6.52. The number of nitrogens with zero attached hydrogens (tertiary/aromatic N) is 3. The Hall–Kier alpha value is -2.61. The molecule has 1 N–H and O–H groups in total. The summed E-state index contributed by atoms with van der Waals surface area (Å²) in [5.74, 6) is -0.740. The van der Waals surface area contributed by atoms with Crippen LogP contribution in [0, 0.1) is 11.6 Å². The van der Waals surface area contributed by atoms with Gasteiger partial charge in [0.2, 0.25) is 11.9 Å². The first kappa shape index (κ1) is 20.7. The van der Waals surface area contributed by atoms with E-state index in [1.54, 1.807) is 6.20 Å². The van der Waals surface area contributed by atoms with Crippen molar-refractivity contribution in [3.63, 3.8) is 0 Å². The summed E-state index contributed by atoms with van der Waals surface area (Å²) in [5, 5.41) is 3.03. The normalized spacial score (nSPS) is 19.8. The van der Waals surface area contributed by atoms with Crippen LogP contribution >= 0.6 is 0 Å². The van der Waals surface area contributed by atoms with Crippen LogP contribution < -0.4 is 10.2 Å². The van der Waals surface area contributed by atoms with E-state index in [2.05, 4.69) is 15.2 Å². The Labute approximate surface area is 174 Å². The highest BCUT2D eigenvalue weighted by Gasteiger charge is 2.26. The van der Waals surface area contributed by atoms with Crippen molar-refractivity contribution in [1.82, 2.24) is 15.3 Å². The standard InChI is InChI=1S/C22H26F2N4O2/c23-18-3-1-15(13-19(18)24)2-4-21(29)26-17-6-10-28(14-17)22-25-9-5-20(27-22)16-7-11-30-12-8-16/h1,3,5,9,13,16-17H,2,4,6-8,10-12,14H2,(H,26,29). The SMILES string of the molecule is O=C(CCc1ccc(F)c(F)c1)NC1CCN(c2nccc(C3CCOCC3)n2)C1. The third-order valence-corrected chi connectivity index (χ3v) is 5.76. The van der Waals surface area contributed by atoms with Gasteiger partial charge < -0.3 is 15.0 Å². The predicted molar refractivity (Wildman–Crippen MR) is 108 cm³/mol. The molecule has 30 heavy (non-hydrogen) atoms. The van der Waals surface area contributed by atoms with Gasteiger partial charge in [0, 0.05) is 56.6 Å². The third-order valence-electron chi connectivity index (χ3n) is 5.76. The molecule has 2 fully saturated rings. The first-order valence-corrected chi connectivity index (χ1v) is 10.5. The van der Waals surface area contributed by atoms with Gasteiger partial charge in [-0.1, -0.05) is 6.07 Å². The molecule has 2 aliphatic heterocycles. The van der Waals surface area contributed by atoms with Crippen molar-refractivity contribution in [1.29, 1.82) is 0 Å². The van der Waals surface area contributed by atoms with Crippen LogP contribution in [0.1, 0.15) is 42.9 Å². The molecular formula is C22H26F2N4O2. The van der Waals surface area contributed by atoms with E-state index in [0.717, 1.165) is 56.8 Å². The Balaban J connectivity index is 1.28. The molecule has 0 spiro atoms. The lowest BCUT2D eigenvalue weighted by molar-refractivity contribution is -0.121. The molecule has 2 saturated heterocycles. The molecular weight excluding hydrogens is 390 g/mol. The van der Waals surface area contributed by atoms with Crippen molar-refractivity contribution in [3.8, 4) is 0 Å². The maximum Gasteiger partial charge on any atom is 0.225 e. The number of halogens is 2. The van der Waals surface area contributed by atoms with Crippen LogP contribution in [-0.4, -0.2) is 48.2 Å². The number of carbonyl (C=O) groups is 1. The summed E-state index contributed by atoms with van der Waals surface area (Å²) in [7, 11) is 0. The molecule has 1 atom stereocenters. The number of nitrogens with one attached hydrogen (secondary N) is 1. The van der Waals surface area contributed by atoms with Gasteiger partial charge in [0.05, 0.1) is 0 Å². The summed E-state index contributed by atoms with van der Waals surface area (Å²) in [6.45, 7) is 2.98. The molecule has 1 unspecified atom stereocenters. The zero-order valence-electron chi connectivity index (χ0n) is 16.8. The second kappa shape index (κ2) is 9.47. The largest absolute Gasteiger partial charge is 0.381 e. The van der Waals surface area contributed by atoms with Crippen LogP contribution in [0.25, 0.3) is 0 Å². The van der Waals surface area contributed by atoms with E-state index in [-0.39, 0.29) is 18.4 Å². The van der Waals surface area contributed by atoms with Crippen molar-refractivity contribution in [2.45, 2.75) is 44.1 Å². The summed E-state index contributed by atoms with van der Waals surface area (Å²) in [5.41, 5.74) is 1.66. The summed E-state index contributed by atoms with van der Waals surface area (Å²) in [6, 6.07) is 5.74. The van der Waals surface area contributed by atoms with Gasteiger partial charge in [-0.25, -0.2) is 18.7 Å². The van der Waals surface area contributed by atoms with Gasteiger partial charge >= 0.3 is 0 Å². The Morgan fingerprint density at radius 3 is 2.80 bits per heavy atom. The molecule has 1 aromatic heterocycles. The molecule has 6 nitrogen and oxygen atoms in total. The van der Waals surface area contributed by atoms with Crippen LogP contribution in [-0.2, 0) is 16.0 Å². The molecule has 160 valence electrons. The number of ether oxygens (including phenoxy) is 1. The lowest BCUT2D eigenvalue weighted by atomic mass is 9.96. The van der Waals surface area contributed by atoms with Crippen LogP contribution in [0.3, 0.4) is 0 Å². The molecule has 0 saturated carbocycles. The van der Waals surface area contributed by atoms with E-state index < -0.39 is 11.6 Å². The second-order valence-electron chi connectivity index (χ2n) is 7.92. The molecule has 2 aliphatic rings. The fraction of sp³-hybridized carbons (Fsp3) is 0.500. The van der Waals surface area contributed by atoms with E-state index in [1.165, 1.54) is 6.07 Å². The molecule has 0 radical (unpaired) electrons. The first-order chi connectivity index (χ1) is 14.6. The average Bonchev–Trinajstić information content (AvgIpc) is 3.24. The van der Waals surface area contributed by atoms with Crippen LogP contribution in [0.5, 0.6) is 0 Å². The maximum absolute atomic E-state index is 13.3. The molecule has 1 amide bonds. The number of hydrogen-bond donors (Lipinski definition) is 1. The summed E-state index contributed by atoms with van der Waals surface area (Å²) >= 11 is 0. The highest BCUT2D eigenvalue weighted by atomic mass is 19.2. The number of aryl methyl sites for hydroxylation is 1. The molecule has 0 bridgehead atoms. The van der Waals surface area contributed by atoms with Crippen molar-refractivity contribution in [2.75, 3.05) is 31.2 Å². The number of anilines is 1. The summed E-state index contributed by atoms with van der Waals surface area (Å²) in [4.78, 5) is 23.6. The van der Waals surface area contributed by atoms with E-state index >= 15 is 0 Å². The van der Waals surface area contributed by atoms with Crippen LogP contribution in [0.2, 0.25) is 0 Å². The molecule has 0 aliphatic carbocycles. The highest BCUT2D eigenvalue weighted by molar-refractivity contribution is 5.76. The molecule has 8 heteroatoms. The minimum atomic E-state index is -0.887. The minimum absolute atomic E-state index is 0.0257. The monoisotopic (exact) mass is 416 g/mol. The summed E-state index contributed by atoms with van der Waals surface area (Å²) < 4.78 is 31.7. The molecule has 1 aromatic carbocycles. The predicted octanol–water partition coefficient (Wildman–Crippen LogP) is 2.98. The lowest BCUT2D eigenvalue weighted by Gasteiger charge is -2.23. The lowest BCUT2D eigenvalue weighted by Crippen LogP contribution is -2.37. The number of amides is 1. The van der Waals surface area contributed by atoms with Gasteiger partial charge in [0.25, 0.3) is 0 Å². The van der Waals surface area contributed by atoms with Gasteiger partial charge in [-0.15, -0.1) is 0 Å². The Bertz CT molecular complexity index is 889. The number of benzene rings is 1. The van der Waals surface area contributed by atoms with Gasteiger partial charge in [0.15, 0.2) is 11.6 Å². The number of hydrogen-bond acceptors (Lipinski definition) is 5. The number of carbonyl (C=O) groups excluding carboxylic acids is 1. The Morgan fingerprint density at radius 2 is 2.00 bits per heavy atom. The topological polar surface area (TPSA) is 67.4 Å². The van der Waals surface area contributed by atoms with Gasteiger partial charge in [-0.3, -0.25) is 4.79 Å². The molecule has 4 rings (SSSR count). The van der Waals surface area contributed by atoms with E-state index in [1.807, 2.05) is 6.07 Å². The minimum Gasteiger partial charge on any atom is -0.381 e. The quantitative estimate of drug-likeness (QED) is 0.784. The fourth-order valence-corrected chi connectivity index (χ4v) is 4.05. The summed E-state index contributed by atoms with van der Waals surface area (Å²) in [6.07, 6.45) is 5.19. The smallest absolute Gasteiger partial charge is 0.225 e. The average molecular weight is 416 g/mol. The Morgan fingerprint density at radius 1 is 1.17 bits per heavy atom. The maximum atomic E-state index is 13.3. The van der Waals surface area contributed by atoms with Crippen molar-refractivity contribution in [2.24, 2.45) is 0 Å². The van der Waals surface area contributed by atoms with Gasteiger partial charge in [0.1, 0.15) is 0 Å².